The summed E-state index contributed by atoms with van der Waals surface area (Å²) in [5.74, 6) is -0.0643. The van der Waals surface area contributed by atoms with Crippen molar-refractivity contribution in [3.05, 3.63) is 54.1 Å². The van der Waals surface area contributed by atoms with E-state index in [4.69, 9.17) is 0 Å². The van der Waals surface area contributed by atoms with Crippen LogP contribution in [0.1, 0.15) is 31.7 Å². The van der Waals surface area contributed by atoms with Gasteiger partial charge in [-0.25, -0.2) is 8.42 Å². The SMILES string of the molecule is CC(O)CN(CC(=O)N1CCCc2cc(S(=O)(=O)N3CCCC3)ccc21)c1ccccc1. The maximum Gasteiger partial charge on any atom is 0.246 e. The minimum absolute atomic E-state index is 0.0643. The molecule has 0 spiro atoms. The average molecular weight is 458 g/mol. The highest BCUT2D eigenvalue weighted by Crippen LogP contribution is 2.31. The molecule has 7 nitrogen and oxygen atoms in total. The van der Waals surface area contributed by atoms with Crippen LogP contribution < -0.4 is 9.80 Å². The number of rotatable bonds is 7. The molecule has 1 unspecified atom stereocenters. The molecule has 1 amide bonds. The summed E-state index contributed by atoms with van der Waals surface area (Å²) in [5.41, 5.74) is 2.56. The number of sulfonamides is 1. The number of fused-ring (bicyclic) bond motifs is 1. The maximum atomic E-state index is 13.3. The normalized spacial score (nSPS) is 17.8. The van der Waals surface area contributed by atoms with Gasteiger partial charge in [0.15, 0.2) is 0 Å². The third-order valence-corrected chi connectivity index (χ3v) is 8.00. The molecule has 1 fully saturated rings. The molecule has 2 aromatic rings. The van der Waals surface area contributed by atoms with Crippen molar-refractivity contribution in [3.63, 3.8) is 0 Å². The Labute approximate surface area is 190 Å². The van der Waals surface area contributed by atoms with Crippen molar-refractivity contribution in [2.24, 2.45) is 0 Å². The van der Waals surface area contributed by atoms with Crippen LogP contribution in [-0.4, -0.2) is 62.6 Å². The molecular weight excluding hydrogens is 426 g/mol. The summed E-state index contributed by atoms with van der Waals surface area (Å²) in [5, 5.41) is 9.93. The quantitative estimate of drug-likeness (QED) is 0.691. The Hall–Kier alpha value is -2.42. The van der Waals surface area contributed by atoms with Crippen LogP contribution in [0.3, 0.4) is 0 Å². The molecule has 1 atom stereocenters. The smallest absolute Gasteiger partial charge is 0.246 e. The van der Waals surface area contributed by atoms with Gasteiger partial charge in [-0.15, -0.1) is 0 Å². The first-order valence-corrected chi connectivity index (χ1v) is 12.7. The zero-order chi connectivity index (χ0) is 22.7. The summed E-state index contributed by atoms with van der Waals surface area (Å²) in [7, 11) is -3.48. The number of para-hydroxylation sites is 1. The van der Waals surface area contributed by atoms with Crippen molar-refractivity contribution in [3.8, 4) is 0 Å². The van der Waals surface area contributed by atoms with Crippen LogP contribution in [0.2, 0.25) is 0 Å². The summed E-state index contributed by atoms with van der Waals surface area (Å²) in [6, 6.07) is 14.7. The standard InChI is InChI=1S/C24H31N3O4S/c1-19(28)17-25(21-9-3-2-4-10-21)18-24(29)27-15-7-8-20-16-22(11-12-23(20)27)32(30,31)26-13-5-6-14-26/h2-4,9-12,16,19,28H,5-8,13-15,17-18H2,1H3. The van der Waals surface area contributed by atoms with Gasteiger partial charge in [-0.1, -0.05) is 18.2 Å². The van der Waals surface area contributed by atoms with Gasteiger partial charge in [-0.05, 0) is 68.5 Å². The summed E-state index contributed by atoms with van der Waals surface area (Å²) in [4.78, 5) is 17.2. The van der Waals surface area contributed by atoms with E-state index in [1.807, 2.05) is 35.2 Å². The molecule has 172 valence electrons. The minimum Gasteiger partial charge on any atom is -0.392 e. The highest BCUT2D eigenvalue weighted by molar-refractivity contribution is 7.89. The summed E-state index contributed by atoms with van der Waals surface area (Å²) in [6.45, 7) is 3.94. The highest BCUT2D eigenvalue weighted by atomic mass is 32.2. The Morgan fingerprint density at radius 2 is 1.78 bits per heavy atom. The zero-order valence-corrected chi connectivity index (χ0v) is 19.3. The molecule has 2 aliphatic heterocycles. The lowest BCUT2D eigenvalue weighted by Gasteiger charge is -2.33. The monoisotopic (exact) mass is 457 g/mol. The summed E-state index contributed by atoms with van der Waals surface area (Å²) >= 11 is 0. The number of benzene rings is 2. The van der Waals surface area contributed by atoms with E-state index in [1.165, 1.54) is 0 Å². The van der Waals surface area contributed by atoms with E-state index in [0.29, 0.717) is 31.1 Å². The number of carbonyl (C=O) groups excluding carboxylic acids is 1. The van der Waals surface area contributed by atoms with Crippen molar-refractivity contribution in [1.82, 2.24) is 4.31 Å². The van der Waals surface area contributed by atoms with E-state index in [1.54, 1.807) is 34.3 Å². The number of aryl methyl sites for hydroxylation is 1. The molecule has 0 radical (unpaired) electrons. The van der Waals surface area contributed by atoms with Crippen LogP contribution in [0.25, 0.3) is 0 Å². The second-order valence-electron chi connectivity index (χ2n) is 8.62. The van der Waals surface area contributed by atoms with Gasteiger partial charge in [0, 0.05) is 37.6 Å². The van der Waals surface area contributed by atoms with E-state index in [0.717, 1.165) is 42.6 Å². The van der Waals surface area contributed by atoms with Crippen LogP contribution in [0, 0.1) is 0 Å². The highest BCUT2D eigenvalue weighted by Gasteiger charge is 2.30. The maximum absolute atomic E-state index is 13.3. The first-order valence-electron chi connectivity index (χ1n) is 11.3. The van der Waals surface area contributed by atoms with Crippen LogP contribution >= 0.6 is 0 Å². The van der Waals surface area contributed by atoms with Crippen LogP contribution in [0.15, 0.2) is 53.4 Å². The van der Waals surface area contributed by atoms with Gasteiger partial charge in [0.2, 0.25) is 15.9 Å². The molecule has 1 saturated heterocycles. The summed E-state index contributed by atoms with van der Waals surface area (Å²) < 4.78 is 27.5. The first-order chi connectivity index (χ1) is 15.4. The molecule has 0 aromatic heterocycles. The molecule has 1 N–H and O–H groups in total. The van der Waals surface area contributed by atoms with Gasteiger partial charge in [0.05, 0.1) is 17.5 Å². The van der Waals surface area contributed by atoms with E-state index < -0.39 is 16.1 Å². The van der Waals surface area contributed by atoms with Crippen molar-refractivity contribution in [2.45, 2.75) is 43.6 Å². The average Bonchev–Trinajstić information content (AvgIpc) is 3.34. The Morgan fingerprint density at radius 3 is 2.47 bits per heavy atom. The number of aliphatic hydroxyl groups is 1. The number of nitrogens with zero attached hydrogens (tertiary/aromatic N) is 3. The molecular formula is C24H31N3O4S. The molecule has 0 aliphatic carbocycles. The van der Waals surface area contributed by atoms with Crippen molar-refractivity contribution in [1.29, 1.82) is 0 Å². The van der Waals surface area contributed by atoms with E-state index in [-0.39, 0.29) is 12.5 Å². The number of carbonyl (C=O) groups is 1. The topological polar surface area (TPSA) is 81.2 Å². The molecule has 0 saturated carbocycles. The summed E-state index contributed by atoms with van der Waals surface area (Å²) in [6.07, 6.45) is 2.76. The van der Waals surface area contributed by atoms with Crippen LogP contribution in [0.5, 0.6) is 0 Å². The van der Waals surface area contributed by atoms with Gasteiger partial charge in [-0.3, -0.25) is 4.79 Å². The molecule has 2 aromatic carbocycles. The predicted molar refractivity (Wildman–Crippen MR) is 125 cm³/mol. The second kappa shape index (κ2) is 9.60. The van der Waals surface area contributed by atoms with Crippen molar-refractivity contribution >= 4 is 27.3 Å². The Bertz CT molecular complexity index is 1050. The lowest BCUT2D eigenvalue weighted by Crippen LogP contribution is -2.44. The van der Waals surface area contributed by atoms with E-state index in [9.17, 15) is 18.3 Å². The molecule has 32 heavy (non-hydrogen) atoms. The molecule has 4 rings (SSSR count). The largest absolute Gasteiger partial charge is 0.392 e. The van der Waals surface area contributed by atoms with Crippen LogP contribution in [-0.2, 0) is 21.2 Å². The molecule has 8 heteroatoms. The van der Waals surface area contributed by atoms with Gasteiger partial charge >= 0.3 is 0 Å². The predicted octanol–water partition coefficient (Wildman–Crippen LogP) is 2.64. The number of anilines is 2. The van der Waals surface area contributed by atoms with Crippen LogP contribution in [0.4, 0.5) is 11.4 Å². The molecule has 0 bridgehead atoms. The second-order valence-corrected chi connectivity index (χ2v) is 10.6. The van der Waals surface area contributed by atoms with E-state index in [2.05, 4.69) is 0 Å². The first kappa shape index (κ1) is 22.8. The van der Waals surface area contributed by atoms with E-state index >= 15 is 0 Å². The van der Waals surface area contributed by atoms with Gasteiger partial charge < -0.3 is 14.9 Å². The number of hydrogen-bond acceptors (Lipinski definition) is 5. The lowest BCUT2D eigenvalue weighted by atomic mass is 10.0. The minimum atomic E-state index is -3.48. The van der Waals surface area contributed by atoms with Crippen molar-refractivity contribution < 1.29 is 18.3 Å². The number of hydrogen-bond donors (Lipinski definition) is 1. The fourth-order valence-corrected chi connectivity index (χ4v) is 6.11. The molecule has 2 aliphatic rings. The number of amides is 1. The van der Waals surface area contributed by atoms with Crippen molar-refractivity contribution in [2.75, 3.05) is 42.5 Å². The number of aliphatic hydroxyl groups excluding tert-OH is 1. The molecule has 2 heterocycles. The Kier molecular flexibility index (Phi) is 6.83. The van der Waals surface area contributed by atoms with Gasteiger partial charge in [0.25, 0.3) is 0 Å². The van der Waals surface area contributed by atoms with Gasteiger partial charge in [-0.2, -0.15) is 4.31 Å². The third-order valence-electron chi connectivity index (χ3n) is 6.11. The Morgan fingerprint density at radius 1 is 1.06 bits per heavy atom. The van der Waals surface area contributed by atoms with Gasteiger partial charge in [0.1, 0.15) is 0 Å². The lowest BCUT2D eigenvalue weighted by molar-refractivity contribution is -0.117. The Balaban J connectivity index is 1.56. The fraction of sp³-hybridized carbons (Fsp3) is 0.458. The third kappa shape index (κ3) is 4.82. The fourth-order valence-electron chi connectivity index (χ4n) is 4.54. The zero-order valence-electron chi connectivity index (χ0n) is 18.5.